The summed E-state index contributed by atoms with van der Waals surface area (Å²) in [5, 5.41) is 9.22. The molecule has 116 valence electrons. The molecule has 1 fully saturated rings. The Hall–Kier alpha value is -1.69. The van der Waals surface area contributed by atoms with Crippen molar-refractivity contribution < 1.29 is 9.90 Å². The molecule has 1 saturated carbocycles. The Kier molecular flexibility index (Phi) is 4.46. The molecule has 21 heavy (non-hydrogen) atoms. The van der Waals surface area contributed by atoms with Crippen LogP contribution in [0.15, 0.2) is 4.79 Å². The lowest BCUT2D eigenvalue weighted by molar-refractivity contribution is -0.138. The molecule has 1 aliphatic carbocycles. The van der Waals surface area contributed by atoms with Gasteiger partial charge in [-0.15, -0.1) is 0 Å². The topological polar surface area (TPSA) is 75.4 Å². The number of carbonyl (C=O) groups is 1. The molecule has 0 radical (unpaired) electrons. The largest absolute Gasteiger partial charge is 0.481 e. The van der Waals surface area contributed by atoms with Gasteiger partial charge in [0.15, 0.2) is 0 Å². The molecule has 1 aromatic heterocycles. The first kappa shape index (κ1) is 15.7. The lowest BCUT2D eigenvalue weighted by Gasteiger charge is -2.20. The summed E-state index contributed by atoms with van der Waals surface area (Å²) in [5.74, 6) is -1.56. The highest BCUT2D eigenvalue weighted by Crippen LogP contribution is 2.25. The zero-order valence-electron chi connectivity index (χ0n) is 13.1. The number of aliphatic carboxylic acids is 1. The van der Waals surface area contributed by atoms with E-state index in [0.717, 1.165) is 6.54 Å². The number of aromatic nitrogens is 2. The number of carboxylic acid groups (broad SMARTS) is 1. The molecule has 1 atom stereocenters. The van der Waals surface area contributed by atoms with Crippen molar-refractivity contribution in [3.63, 3.8) is 0 Å². The van der Waals surface area contributed by atoms with Crippen molar-refractivity contribution in [2.24, 2.45) is 0 Å². The number of carboxylic acids is 1. The van der Waals surface area contributed by atoms with Crippen molar-refractivity contribution in [1.29, 1.82) is 0 Å². The Bertz CT molecular complexity index is 605. The molecule has 0 aromatic carbocycles. The van der Waals surface area contributed by atoms with Crippen molar-refractivity contribution in [2.75, 3.05) is 13.6 Å². The first-order chi connectivity index (χ1) is 9.82. The Balaban J connectivity index is 2.29. The van der Waals surface area contributed by atoms with E-state index in [1.54, 1.807) is 18.4 Å². The molecule has 0 aliphatic heterocycles. The predicted octanol–water partition coefficient (Wildman–Crippen LogP) is 1.14. The Morgan fingerprint density at radius 2 is 2.10 bits per heavy atom. The summed E-state index contributed by atoms with van der Waals surface area (Å²) >= 11 is 0. The van der Waals surface area contributed by atoms with Gasteiger partial charge in [-0.05, 0) is 40.7 Å². The van der Waals surface area contributed by atoms with E-state index >= 15 is 0 Å². The lowest BCUT2D eigenvalue weighted by Crippen LogP contribution is -2.34. The summed E-state index contributed by atoms with van der Waals surface area (Å²) < 4.78 is 1.60. The molecule has 1 N–H and O–H groups in total. The van der Waals surface area contributed by atoms with Crippen LogP contribution in [0.2, 0.25) is 0 Å². The smallest absolute Gasteiger partial charge is 0.348 e. The van der Waals surface area contributed by atoms with Gasteiger partial charge in [0.25, 0.3) is 0 Å². The average molecular weight is 293 g/mol. The molecule has 1 unspecified atom stereocenters. The number of nitrogens with zero attached hydrogens (tertiary/aromatic N) is 3. The first-order valence-electron chi connectivity index (χ1n) is 7.34. The molecular formula is C15H23N3O3. The zero-order valence-corrected chi connectivity index (χ0v) is 13.1. The fourth-order valence-electron chi connectivity index (χ4n) is 2.78. The molecule has 0 amide bonds. The van der Waals surface area contributed by atoms with Gasteiger partial charge in [0.05, 0.1) is 5.92 Å². The van der Waals surface area contributed by atoms with Crippen molar-refractivity contribution in [3.05, 3.63) is 27.4 Å². The zero-order chi connectivity index (χ0) is 15.7. The quantitative estimate of drug-likeness (QED) is 0.851. The van der Waals surface area contributed by atoms with Crippen molar-refractivity contribution in [3.8, 4) is 0 Å². The monoisotopic (exact) mass is 293 g/mol. The predicted molar refractivity (Wildman–Crippen MR) is 79.7 cm³/mol. The molecule has 0 saturated heterocycles. The van der Waals surface area contributed by atoms with Crippen LogP contribution in [0.4, 0.5) is 0 Å². The SMILES string of the molecule is Cc1nc(=O)n(CCN(C)C2CC2)c(C)c1C(C)C(=O)O. The number of rotatable bonds is 6. The maximum Gasteiger partial charge on any atom is 0.348 e. The van der Waals surface area contributed by atoms with E-state index in [1.807, 2.05) is 6.92 Å². The Morgan fingerprint density at radius 1 is 1.48 bits per heavy atom. The van der Waals surface area contributed by atoms with E-state index in [0.29, 0.717) is 29.5 Å². The first-order valence-corrected chi connectivity index (χ1v) is 7.34. The number of likely N-dealkylation sites (N-methyl/N-ethyl adjacent to an activating group) is 1. The van der Waals surface area contributed by atoms with Gasteiger partial charge in [0.1, 0.15) is 0 Å². The third-order valence-corrected chi connectivity index (χ3v) is 4.33. The third-order valence-electron chi connectivity index (χ3n) is 4.33. The Labute approximate surface area is 124 Å². The minimum Gasteiger partial charge on any atom is -0.481 e. The summed E-state index contributed by atoms with van der Waals surface area (Å²) in [6.45, 7) is 6.46. The van der Waals surface area contributed by atoms with Crippen LogP contribution in [0, 0.1) is 13.8 Å². The highest BCUT2D eigenvalue weighted by Gasteiger charge is 2.26. The maximum atomic E-state index is 12.1. The van der Waals surface area contributed by atoms with Crippen LogP contribution in [0.25, 0.3) is 0 Å². The highest BCUT2D eigenvalue weighted by molar-refractivity contribution is 5.76. The number of hydrogen-bond donors (Lipinski definition) is 1. The molecule has 1 heterocycles. The van der Waals surface area contributed by atoms with Gasteiger partial charge >= 0.3 is 11.7 Å². The van der Waals surface area contributed by atoms with Gasteiger partial charge in [0.2, 0.25) is 0 Å². The average Bonchev–Trinajstić information content (AvgIpc) is 3.21. The summed E-state index contributed by atoms with van der Waals surface area (Å²) in [5.41, 5.74) is 1.58. The fourth-order valence-corrected chi connectivity index (χ4v) is 2.78. The van der Waals surface area contributed by atoms with Gasteiger partial charge in [0, 0.05) is 36.1 Å². The lowest BCUT2D eigenvalue weighted by atomic mass is 9.98. The van der Waals surface area contributed by atoms with Gasteiger partial charge in [-0.1, -0.05) is 0 Å². The molecule has 0 bridgehead atoms. The third kappa shape index (κ3) is 3.32. The van der Waals surface area contributed by atoms with Crippen LogP contribution >= 0.6 is 0 Å². The molecule has 6 nitrogen and oxygen atoms in total. The molecule has 6 heteroatoms. The van der Waals surface area contributed by atoms with E-state index < -0.39 is 11.9 Å². The van der Waals surface area contributed by atoms with Gasteiger partial charge < -0.3 is 10.0 Å². The van der Waals surface area contributed by atoms with E-state index in [1.165, 1.54) is 12.8 Å². The fraction of sp³-hybridized carbons (Fsp3) is 0.667. The molecule has 2 rings (SSSR count). The minimum atomic E-state index is -0.900. The number of hydrogen-bond acceptors (Lipinski definition) is 4. The van der Waals surface area contributed by atoms with Crippen LogP contribution in [0.1, 0.15) is 42.6 Å². The van der Waals surface area contributed by atoms with Gasteiger partial charge in [-0.2, -0.15) is 4.98 Å². The highest BCUT2D eigenvalue weighted by atomic mass is 16.4. The van der Waals surface area contributed by atoms with Crippen molar-refractivity contribution >= 4 is 5.97 Å². The van der Waals surface area contributed by atoms with E-state index in [4.69, 9.17) is 0 Å². The minimum absolute atomic E-state index is 0.296. The molecular weight excluding hydrogens is 270 g/mol. The number of aryl methyl sites for hydroxylation is 1. The maximum absolute atomic E-state index is 12.1. The van der Waals surface area contributed by atoms with Crippen LogP contribution in [0.5, 0.6) is 0 Å². The van der Waals surface area contributed by atoms with Crippen molar-refractivity contribution in [2.45, 2.75) is 52.1 Å². The van der Waals surface area contributed by atoms with E-state index in [9.17, 15) is 14.7 Å². The molecule has 0 spiro atoms. The van der Waals surface area contributed by atoms with Crippen LogP contribution in [0.3, 0.4) is 0 Å². The molecule has 1 aromatic rings. The van der Waals surface area contributed by atoms with Crippen LogP contribution in [-0.4, -0.2) is 45.2 Å². The Morgan fingerprint density at radius 3 is 2.62 bits per heavy atom. The normalized spacial score (nSPS) is 16.2. The second-order valence-corrected chi connectivity index (χ2v) is 5.90. The van der Waals surface area contributed by atoms with Crippen molar-refractivity contribution in [1.82, 2.24) is 14.5 Å². The summed E-state index contributed by atoms with van der Waals surface area (Å²) in [6, 6.07) is 0.636. The van der Waals surface area contributed by atoms with Gasteiger partial charge in [-0.25, -0.2) is 4.79 Å². The van der Waals surface area contributed by atoms with E-state index in [-0.39, 0.29) is 5.69 Å². The van der Waals surface area contributed by atoms with Crippen LogP contribution < -0.4 is 5.69 Å². The summed E-state index contributed by atoms with van der Waals surface area (Å²) in [4.78, 5) is 29.6. The summed E-state index contributed by atoms with van der Waals surface area (Å²) in [6.07, 6.45) is 2.44. The van der Waals surface area contributed by atoms with E-state index in [2.05, 4.69) is 16.9 Å². The summed E-state index contributed by atoms with van der Waals surface area (Å²) in [7, 11) is 2.06. The second-order valence-electron chi connectivity index (χ2n) is 5.90. The second kappa shape index (κ2) is 5.97. The van der Waals surface area contributed by atoms with Crippen LogP contribution in [-0.2, 0) is 11.3 Å². The standard InChI is InChI=1S/C15H23N3O3/c1-9(14(19)20)13-10(2)16-15(21)18(11(13)3)8-7-17(4)12-5-6-12/h9,12H,5-8H2,1-4H3,(H,19,20). The van der Waals surface area contributed by atoms with Gasteiger partial charge in [-0.3, -0.25) is 9.36 Å². The molecule has 1 aliphatic rings.